The molecule has 1 heterocycles. The van der Waals surface area contributed by atoms with Crippen LogP contribution in [0.3, 0.4) is 0 Å². The first-order valence-corrected chi connectivity index (χ1v) is 6.27. The Kier molecular flexibility index (Phi) is 4.27. The van der Waals surface area contributed by atoms with Crippen LogP contribution in [0.15, 0.2) is 35.2 Å². The summed E-state index contributed by atoms with van der Waals surface area (Å²) in [7, 11) is 0. The summed E-state index contributed by atoms with van der Waals surface area (Å²) >= 11 is 1.37. The summed E-state index contributed by atoms with van der Waals surface area (Å²) in [6.45, 7) is 0.229. The van der Waals surface area contributed by atoms with E-state index in [9.17, 15) is 4.79 Å². The molecule has 2 N–H and O–H groups in total. The average Bonchev–Trinajstić information content (AvgIpc) is 2.92. The van der Waals surface area contributed by atoms with Crippen molar-refractivity contribution in [1.82, 2.24) is 4.98 Å². The molecular weight excluding hydrogens is 252 g/mol. The number of carbonyl (C=O) groups excluding carboxylic acids is 1. The van der Waals surface area contributed by atoms with Gasteiger partial charge in [-0.05, 0) is 24.3 Å². The number of rotatable bonds is 5. The third-order valence-corrected chi connectivity index (χ3v) is 2.72. The number of hydrogen-bond acceptors (Lipinski definition) is 5. The van der Waals surface area contributed by atoms with Gasteiger partial charge in [-0.3, -0.25) is 4.79 Å². The summed E-state index contributed by atoms with van der Waals surface area (Å²) in [5, 5.41) is 13.0. The fourth-order valence-electron chi connectivity index (χ4n) is 1.32. The number of nitrogens with zero attached hydrogens (tertiary/aromatic N) is 1. The Bertz CT molecular complexity index is 497. The van der Waals surface area contributed by atoms with E-state index in [2.05, 4.69) is 10.3 Å². The van der Waals surface area contributed by atoms with Crippen LogP contribution in [0.25, 0.3) is 0 Å². The maximum Gasteiger partial charge on any atom is 0.275 e. The Hall–Kier alpha value is -1.92. The second-order valence-electron chi connectivity index (χ2n) is 3.42. The minimum atomic E-state index is -0.236. The summed E-state index contributed by atoms with van der Waals surface area (Å²) in [4.78, 5) is 15.6. The molecule has 5 nitrogen and oxygen atoms in total. The average molecular weight is 264 g/mol. The highest BCUT2D eigenvalue weighted by molar-refractivity contribution is 7.07. The standard InChI is InChI=1S/C12H12N2O3S/c15-5-6-17-10-3-1-9(2-4-10)14-12(16)11-7-18-8-13-11/h1-4,7-8,15H,5-6H2,(H,14,16). The zero-order chi connectivity index (χ0) is 12.8. The lowest BCUT2D eigenvalue weighted by Crippen LogP contribution is -2.12. The van der Waals surface area contributed by atoms with Crippen molar-refractivity contribution in [3.8, 4) is 5.75 Å². The molecule has 0 aliphatic rings. The molecule has 1 aromatic heterocycles. The fourth-order valence-corrected chi connectivity index (χ4v) is 1.85. The molecule has 0 fully saturated rings. The van der Waals surface area contributed by atoms with Crippen LogP contribution in [-0.2, 0) is 0 Å². The van der Waals surface area contributed by atoms with Gasteiger partial charge in [-0.2, -0.15) is 0 Å². The highest BCUT2D eigenvalue weighted by Crippen LogP contribution is 2.16. The van der Waals surface area contributed by atoms with Gasteiger partial charge < -0.3 is 15.2 Å². The number of ether oxygens (including phenoxy) is 1. The van der Waals surface area contributed by atoms with Crippen molar-refractivity contribution >= 4 is 22.9 Å². The van der Waals surface area contributed by atoms with Gasteiger partial charge in [0, 0.05) is 11.1 Å². The normalized spacial score (nSPS) is 10.1. The molecule has 0 atom stereocenters. The van der Waals surface area contributed by atoms with E-state index in [1.165, 1.54) is 11.3 Å². The number of nitrogens with one attached hydrogen (secondary N) is 1. The third kappa shape index (κ3) is 3.28. The Labute approximate surface area is 108 Å². The van der Waals surface area contributed by atoms with E-state index in [-0.39, 0.29) is 19.1 Å². The Morgan fingerprint density at radius 1 is 1.39 bits per heavy atom. The molecule has 0 saturated carbocycles. The fraction of sp³-hybridized carbons (Fsp3) is 0.167. The van der Waals surface area contributed by atoms with Crippen LogP contribution in [0.4, 0.5) is 5.69 Å². The van der Waals surface area contributed by atoms with Crippen molar-refractivity contribution in [2.75, 3.05) is 18.5 Å². The molecule has 1 aromatic carbocycles. The molecular formula is C12H12N2O3S. The van der Waals surface area contributed by atoms with Gasteiger partial charge in [0.2, 0.25) is 0 Å². The SMILES string of the molecule is O=C(Nc1ccc(OCCO)cc1)c1cscn1. The number of thiazole rings is 1. The first-order chi connectivity index (χ1) is 8.79. The summed E-state index contributed by atoms with van der Waals surface area (Å²) < 4.78 is 5.21. The number of aliphatic hydroxyl groups excluding tert-OH is 1. The van der Waals surface area contributed by atoms with Crippen LogP contribution >= 0.6 is 11.3 Å². The van der Waals surface area contributed by atoms with E-state index < -0.39 is 0 Å². The molecule has 0 aliphatic heterocycles. The third-order valence-electron chi connectivity index (χ3n) is 2.14. The Balaban J connectivity index is 1.96. The van der Waals surface area contributed by atoms with E-state index >= 15 is 0 Å². The van der Waals surface area contributed by atoms with Gasteiger partial charge in [-0.15, -0.1) is 11.3 Å². The summed E-state index contributed by atoms with van der Waals surface area (Å²) in [6.07, 6.45) is 0. The van der Waals surface area contributed by atoms with Crippen LogP contribution < -0.4 is 10.1 Å². The van der Waals surface area contributed by atoms with Gasteiger partial charge in [-0.25, -0.2) is 4.98 Å². The number of carbonyl (C=O) groups is 1. The van der Waals surface area contributed by atoms with Crippen molar-refractivity contribution in [3.63, 3.8) is 0 Å². The maximum atomic E-state index is 11.7. The van der Waals surface area contributed by atoms with Gasteiger partial charge in [-0.1, -0.05) is 0 Å². The lowest BCUT2D eigenvalue weighted by atomic mass is 10.3. The molecule has 18 heavy (non-hydrogen) atoms. The van der Waals surface area contributed by atoms with Crippen molar-refractivity contribution in [2.45, 2.75) is 0 Å². The van der Waals surface area contributed by atoms with Gasteiger partial charge in [0.15, 0.2) is 0 Å². The highest BCUT2D eigenvalue weighted by Gasteiger charge is 2.07. The molecule has 2 rings (SSSR count). The quantitative estimate of drug-likeness (QED) is 0.863. The number of benzene rings is 1. The van der Waals surface area contributed by atoms with Crippen LogP contribution in [0.2, 0.25) is 0 Å². The predicted octanol–water partition coefficient (Wildman–Crippen LogP) is 1.77. The molecule has 94 valence electrons. The molecule has 2 aromatic rings. The van der Waals surface area contributed by atoms with Gasteiger partial charge in [0.25, 0.3) is 5.91 Å². The Morgan fingerprint density at radius 3 is 2.78 bits per heavy atom. The number of anilines is 1. The van der Waals surface area contributed by atoms with Crippen molar-refractivity contribution < 1.29 is 14.6 Å². The van der Waals surface area contributed by atoms with Crippen molar-refractivity contribution in [3.05, 3.63) is 40.8 Å². The molecule has 0 spiro atoms. The minimum absolute atomic E-state index is 0.0255. The van der Waals surface area contributed by atoms with Gasteiger partial charge in [0.05, 0.1) is 12.1 Å². The van der Waals surface area contributed by atoms with Crippen LogP contribution in [0.5, 0.6) is 5.75 Å². The van der Waals surface area contributed by atoms with Crippen molar-refractivity contribution in [2.24, 2.45) is 0 Å². The van der Waals surface area contributed by atoms with E-state index in [0.29, 0.717) is 17.1 Å². The van der Waals surface area contributed by atoms with Crippen molar-refractivity contribution in [1.29, 1.82) is 0 Å². The van der Waals surface area contributed by atoms with E-state index in [0.717, 1.165) is 0 Å². The number of amides is 1. The molecule has 0 radical (unpaired) electrons. The summed E-state index contributed by atoms with van der Waals surface area (Å²) in [6, 6.07) is 6.92. The zero-order valence-corrected chi connectivity index (χ0v) is 10.3. The number of aliphatic hydroxyl groups is 1. The number of hydrogen-bond donors (Lipinski definition) is 2. The largest absolute Gasteiger partial charge is 0.491 e. The molecule has 1 amide bonds. The molecule has 0 bridgehead atoms. The van der Waals surface area contributed by atoms with Crippen LogP contribution in [-0.4, -0.2) is 29.2 Å². The van der Waals surface area contributed by atoms with E-state index in [4.69, 9.17) is 9.84 Å². The zero-order valence-electron chi connectivity index (χ0n) is 9.50. The minimum Gasteiger partial charge on any atom is -0.491 e. The highest BCUT2D eigenvalue weighted by atomic mass is 32.1. The van der Waals surface area contributed by atoms with Gasteiger partial charge in [0.1, 0.15) is 18.1 Å². The van der Waals surface area contributed by atoms with Crippen LogP contribution in [0.1, 0.15) is 10.5 Å². The molecule has 0 aliphatic carbocycles. The molecule has 6 heteroatoms. The first-order valence-electron chi connectivity index (χ1n) is 5.33. The van der Waals surface area contributed by atoms with E-state index in [1.807, 2.05) is 0 Å². The number of aromatic nitrogens is 1. The second-order valence-corrected chi connectivity index (χ2v) is 4.14. The summed E-state index contributed by atoms with van der Waals surface area (Å²) in [5.41, 5.74) is 2.69. The molecule has 0 unspecified atom stereocenters. The monoisotopic (exact) mass is 264 g/mol. The van der Waals surface area contributed by atoms with Gasteiger partial charge >= 0.3 is 0 Å². The lowest BCUT2D eigenvalue weighted by Gasteiger charge is -2.06. The summed E-state index contributed by atoms with van der Waals surface area (Å²) in [5.74, 6) is 0.413. The maximum absolute atomic E-state index is 11.7. The smallest absolute Gasteiger partial charge is 0.275 e. The second kappa shape index (κ2) is 6.13. The Morgan fingerprint density at radius 2 is 2.17 bits per heavy atom. The lowest BCUT2D eigenvalue weighted by molar-refractivity contribution is 0.102. The van der Waals surface area contributed by atoms with E-state index in [1.54, 1.807) is 35.2 Å². The topological polar surface area (TPSA) is 71.5 Å². The molecule has 0 saturated heterocycles. The van der Waals surface area contributed by atoms with Crippen LogP contribution in [0, 0.1) is 0 Å². The predicted molar refractivity (Wildman–Crippen MR) is 69.1 cm³/mol. The first kappa shape index (κ1) is 12.5.